The number of rotatable bonds is 2. The van der Waals surface area contributed by atoms with Crippen LogP contribution in [0.5, 0.6) is 0 Å². The molecular weight excluding hydrogens is 248 g/mol. The largest absolute Gasteiger partial charge is 0.255 e. The zero-order valence-corrected chi connectivity index (χ0v) is 10.6. The van der Waals surface area contributed by atoms with Crippen molar-refractivity contribution < 1.29 is 0 Å². The smallest absolute Gasteiger partial charge is 0.141 e. The molecule has 0 spiro atoms. The van der Waals surface area contributed by atoms with Gasteiger partial charge in [-0.2, -0.15) is 5.26 Å². The van der Waals surface area contributed by atoms with E-state index in [2.05, 4.69) is 15.0 Å². The molecule has 0 radical (unpaired) electrons. The molecule has 0 atom stereocenters. The number of pyridine rings is 3. The second kappa shape index (κ2) is 5.29. The molecule has 0 aromatic carbocycles. The van der Waals surface area contributed by atoms with E-state index in [9.17, 15) is 0 Å². The molecule has 0 aliphatic carbocycles. The van der Waals surface area contributed by atoms with Crippen LogP contribution < -0.4 is 0 Å². The van der Waals surface area contributed by atoms with Gasteiger partial charge in [0.05, 0.1) is 22.8 Å². The lowest BCUT2D eigenvalue weighted by atomic mass is 10.2. The monoisotopic (exact) mass is 258 g/mol. The molecule has 0 aliphatic rings. The SMILES string of the molecule is N#Cc1cccc(-c2cccc(-c3ccccn3)n2)n1. The summed E-state index contributed by atoms with van der Waals surface area (Å²) >= 11 is 0. The van der Waals surface area contributed by atoms with Crippen molar-refractivity contribution in [3.05, 3.63) is 66.5 Å². The Bertz CT molecular complexity index is 776. The molecule has 0 N–H and O–H groups in total. The van der Waals surface area contributed by atoms with Gasteiger partial charge in [-0.25, -0.2) is 9.97 Å². The van der Waals surface area contributed by atoms with E-state index in [1.54, 1.807) is 18.3 Å². The lowest BCUT2D eigenvalue weighted by molar-refractivity contribution is 1.20. The summed E-state index contributed by atoms with van der Waals surface area (Å²) in [5.74, 6) is 0. The standard InChI is InChI=1S/C16H10N4/c17-11-12-5-3-7-15(19-12)16-9-4-8-14(20-16)13-6-1-2-10-18-13/h1-10H. The fraction of sp³-hybridized carbons (Fsp3) is 0. The van der Waals surface area contributed by atoms with Crippen molar-refractivity contribution in [1.29, 1.82) is 5.26 Å². The predicted molar refractivity (Wildman–Crippen MR) is 75.4 cm³/mol. The summed E-state index contributed by atoms with van der Waals surface area (Å²) in [6, 6.07) is 18.7. The first-order valence-corrected chi connectivity index (χ1v) is 6.13. The van der Waals surface area contributed by atoms with Gasteiger partial charge in [-0.05, 0) is 36.4 Å². The lowest BCUT2D eigenvalue weighted by Crippen LogP contribution is -1.92. The van der Waals surface area contributed by atoms with Gasteiger partial charge in [0, 0.05) is 6.20 Å². The highest BCUT2D eigenvalue weighted by atomic mass is 14.8. The third-order valence-corrected chi connectivity index (χ3v) is 2.80. The second-order valence-electron chi connectivity index (χ2n) is 4.14. The second-order valence-corrected chi connectivity index (χ2v) is 4.14. The van der Waals surface area contributed by atoms with Crippen LogP contribution >= 0.6 is 0 Å². The molecule has 0 saturated heterocycles. The zero-order valence-electron chi connectivity index (χ0n) is 10.6. The molecule has 4 heteroatoms. The fourth-order valence-corrected chi connectivity index (χ4v) is 1.87. The van der Waals surface area contributed by atoms with Crippen LogP contribution in [0.1, 0.15) is 5.69 Å². The van der Waals surface area contributed by atoms with Crippen molar-refractivity contribution in [3.63, 3.8) is 0 Å². The summed E-state index contributed by atoms with van der Waals surface area (Å²) < 4.78 is 0. The number of aromatic nitrogens is 3. The van der Waals surface area contributed by atoms with E-state index in [0.717, 1.165) is 17.1 Å². The average molecular weight is 258 g/mol. The van der Waals surface area contributed by atoms with Crippen molar-refractivity contribution in [1.82, 2.24) is 15.0 Å². The normalized spacial score (nSPS) is 9.95. The van der Waals surface area contributed by atoms with Gasteiger partial charge >= 0.3 is 0 Å². The molecule has 0 aliphatic heterocycles. The van der Waals surface area contributed by atoms with Gasteiger partial charge in [-0.15, -0.1) is 0 Å². The lowest BCUT2D eigenvalue weighted by Gasteiger charge is -2.04. The van der Waals surface area contributed by atoms with E-state index in [4.69, 9.17) is 5.26 Å². The third-order valence-electron chi connectivity index (χ3n) is 2.80. The molecule has 0 unspecified atom stereocenters. The van der Waals surface area contributed by atoms with E-state index in [1.165, 1.54) is 0 Å². The Morgan fingerprint density at radius 2 is 1.35 bits per heavy atom. The molecule has 0 fully saturated rings. The van der Waals surface area contributed by atoms with E-state index in [1.807, 2.05) is 48.5 Å². The topological polar surface area (TPSA) is 62.5 Å². The molecule has 20 heavy (non-hydrogen) atoms. The minimum absolute atomic E-state index is 0.382. The van der Waals surface area contributed by atoms with Crippen LogP contribution in [-0.2, 0) is 0 Å². The molecule has 4 nitrogen and oxygen atoms in total. The summed E-state index contributed by atoms with van der Waals surface area (Å²) in [5.41, 5.74) is 3.39. The summed E-state index contributed by atoms with van der Waals surface area (Å²) in [6.45, 7) is 0. The fourth-order valence-electron chi connectivity index (χ4n) is 1.87. The molecular formula is C16H10N4. The van der Waals surface area contributed by atoms with Gasteiger partial charge in [0.25, 0.3) is 0 Å². The van der Waals surface area contributed by atoms with Crippen LogP contribution in [-0.4, -0.2) is 15.0 Å². The minimum Gasteiger partial charge on any atom is -0.255 e. The maximum Gasteiger partial charge on any atom is 0.141 e. The summed E-state index contributed by atoms with van der Waals surface area (Å²) in [5, 5.41) is 8.90. The Balaban J connectivity index is 2.06. The van der Waals surface area contributed by atoms with Crippen LogP contribution in [0.15, 0.2) is 60.8 Å². The number of nitrogens with zero attached hydrogens (tertiary/aromatic N) is 4. The molecule has 0 bridgehead atoms. The van der Waals surface area contributed by atoms with Gasteiger partial charge in [0.1, 0.15) is 11.8 Å². The van der Waals surface area contributed by atoms with E-state index >= 15 is 0 Å². The maximum absolute atomic E-state index is 8.90. The Morgan fingerprint density at radius 1 is 0.700 bits per heavy atom. The molecule has 94 valence electrons. The first kappa shape index (κ1) is 12.0. The molecule has 3 aromatic heterocycles. The van der Waals surface area contributed by atoms with Gasteiger partial charge in [-0.1, -0.05) is 18.2 Å². The zero-order chi connectivity index (χ0) is 13.8. The quantitative estimate of drug-likeness (QED) is 0.708. The van der Waals surface area contributed by atoms with Crippen molar-refractivity contribution in [2.24, 2.45) is 0 Å². The van der Waals surface area contributed by atoms with E-state index in [-0.39, 0.29) is 0 Å². The minimum atomic E-state index is 0.382. The third kappa shape index (κ3) is 2.38. The first-order valence-electron chi connectivity index (χ1n) is 6.13. The average Bonchev–Trinajstić information content (AvgIpc) is 2.56. The summed E-state index contributed by atoms with van der Waals surface area (Å²) in [6.07, 6.45) is 1.73. The maximum atomic E-state index is 8.90. The van der Waals surface area contributed by atoms with Gasteiger partial charge in [0.2, 0.25) is 0 Å². The van der Waals surface area contributed by atoms with Gasteiger partial charge in [0.15, 0.2) is 0 Å². The first-order chi connectivity index (χ1) is 9.86. The Labute approximate surface area is 116 Å². The number of hydrogen-bond acceptors (Lipinski definition) is 4. The highest BCUT2D eigenvalue weighted by molar-refractivity contribution is 5.61. The Hall–Kier alpha value is -3.06. The highest BCUT2D eigenvalue weighted by Gasteiger charge is 2.05. The van der Waals surface area contributed by atoms with Crippen LogP contribution in [0.25, 0.3) is 22.8 Å². The van der Waals surface area contributed by atoms with Crippen LogP contribution in [0, 0.1) is 11.3 Å². The summed E-state index contributed by atoms with van der Waals surface area (Å²) in [4.78, 5) is 13.1. The van der Waals surface area contributed by atoms with Crippen molar-refractivity contribution >= 4 is 0 Å². The van der Waals surface area contributed by atoms with Gasteiger partial charge < -0.3 is 0 Å². The van der Waals surface area contributed by atoms with Crippen molar-refractivity contribution in [3.8, 4) is 28.8 Å². The molecule has 0 saturated carbocycles. The Kier molecular flexibility index (Phi) is 3.17. The molecule has 3 aromatic rings. The van der Waals surface area contributed by atoms with E-state index < -0.39 is 0 Å². The van der Waals surface area contributed by atoms with Crippen molar-refractivity contribution in [2.45, 2.75) is 0 Å². The Morgan fingerprint density at radius 3 is 2.05 bits per heavy atom. The summed E-state index contributed by atoms with van der Waals surface area (Å²) in [7, 11) is 0. The molecule has 0 amide bonds. The predicted octanol–water partition coefficient (Wildman–Crippen LogP) is 3.08. The number of hydrogen-bond donors (Lipinski definition) is 0. The van der Waals surface area contributed by atoms with E-state index in [0.29, 0.717) is 11.4 Å². The molecule has 3 heterocycles. The van der Waals surface area contributed by atoms with Gasteiger partial charge in [-0.3, -0.25) is 4.98 Å². The molecule has 3 rings (SSSR count). The van der Waals surface area contributed by atoms with Crippen LogP contribution in [0.3, 0.4) is 0 Å². The van der Waals surface area contributed by atoms with Crippen LogP contribution in [0.4, 0.5) is 0 Å². The highest BCUT2D eigenvalue weighted by Crippen LogP contribution is 2.19. The van der Waals surface area contributed by atoms with Crippen molar-refractivity contribution in [2.75, 3.05) is 0 Å². The van der Waals surface area contributed by atoms with Crippen LogP contribution in [0.2, 0.25) is 0 Å². The number of nitriles is 1.